The Kier molecular flexibility index (Phi) is 5.84. The van der Waals surface area contributed by atoms with Gasteiger partial charge in [0.15, 0.2) is 0 Å². The predicted octanol–water partition coefficient (Wildman–Crippen LogP) is 4.37. The van der Waals surface area contributed by atoms with Crippen LogP contribution in [0.4, 0.5) is 0 Å². The lowest BCUT2D eigenvalue weighted by atomic mass is 10.0. The molecule has 2 atom stereocenters. The van der Waals surface area contributed by atoms with E-state index in [4.69, 9.17) is 4.74 Å². The van der Waals surface area contributed by atoms with Gasteiger partial charge in [0.1, 0.15) is 21.8 Å². The number of nitriles is 1. The molecule has 3 aromatic rings. The van der Waals surface area contributed by atoms with Crippen LogP contribution >= 0.6 is 11.3 Å². The molecule has 1 N–H and O–H groups in total. The molecule has 0 bridgehead atoms. The Bertz CT molecular complexity index is 1270. The number of benzene rings is 2. The van der Waals surface area contributed by atoms with E-state index in [0.29, 0.717) is 11.3 Å². The van der Waals surface area contributed by atoms with Gasteiger partial charge in [-0.1, -0.05) is 29.5 Å². The van der Waals surface area contributed by atoms with Crippen molar-refractivity contribution in [3.05, 3.63) is 53.1 Å². The lowest BCUT2D eigenvalue weighted by Gasteiger charge is -2.15. The molecule has 6 nitrogen and oxygen atoms in total. The summed E-state index contributed by atoms with van der Waals surface area (Å²) >= 11 is 1.50. The predicted molar refractivity (Wildman–Crippen MR) is 127 cm³/mol. The minimum absolute atomic E-state index is 0.00542. The highest BCUT2D eigenvalue weighted by atomic mass is 32.2. The average Bonchev–Trinajstić information content (AvgIpc) is 3.34. The van der Waals surface area contributed by atoms with E-state index in [0.717, 1.165) is 39.5 Å². The molecular formula is C23H24N4O2S2. The molecule has 1 aliphatic rings. The van der Waals surface area contributed by atoms with E-state index in [1.54, 1.807) is 12.3 Å². The first kappa shape index (κ1) is 21.5. The zero-order chi connectivity index (χ0) is 22.2. The van der Waals surface area contributed by atoms with Gasteiger partial charge in [0.2, 0.25) is 0 Å². The standard InChI is InChI=1S/C23H24N4O2S2/c1-14(2)29-21-11-8-15(12-16(21)13-24)22-25-26-23(30-22)19-7-5-6-18-17(19)9-10-20(18)27-31(3,4)28/h5-8,11-12,14,20H,3,9-10H2,1-2,4H3,(H,27,28)/t20-,31?/m0/s1. The number of rotatable bonds is 6. The normalized spacial score (nSPS) is 17.2. The molecule has 160 valence electrons. The molecule has 1 unspecified atom stereocenters. The Balaban J connectivity index is 1.66. The maximum absolute atomic E-state index is 12.1. The monoisotopic (exact) mass is 452 g/mol. The second-order valence-corrected chi connectivity index (χ2v) is 11.2. The molecule has 4 rings (SSSR count). The maximum atomic E-state index is 12.1. The third kappa shape index (κ3) is 4.64. The molecule has 1 heterocycles. The molecular weight excluding hydrogens is 428 g/mol. The number of hydrogen-bond acceptors (Lipinski definition) is 6. The Morgan fingerprint density at radius 3 is 2.77 bits per heavy atom. The number of nitrogens with one attached hydrogen (secondary N) is 1. The van der Waals surface area contributed by atoms with Crippen molar-refractivity contribution in [2.45, 2.75) is 38.8 Å². The molecule has 0 fully saturated rings. The van der Waals surface area contributed by atoms with Gasteiger partial charge in [-0.3, -0.25) is 4.21 Å². The molecule has 0 saturated carbocycles. The molecule has 2 aromatic carbocycles. The first-order chi connectivity index (χ1) is 14.7. The average molecular weight is 453 g/mol. The molecule has 0 spiro atoms. The van der Waals surface area contributed by atoms with Crippen LogP contribution in [0.25, 0.3) is 21.1 Å². The summed E-state index contributed by atoms with van der Waals surface area (Å²) in [6.45, 7) is 3.86. The summed E-state index contributed by atoms with van der Waals surface area (Å²) in [5.41, 5.74) is 4.73. The Labute approximate surface area is 187 Å². The molecule has 0 radical (unpaired) electrons. The van der Waals surface area contributed by atoms with Crippen LogP contribution in [0, 0.1) is 11.3 Å². The van der Waals surface area contributed by atoms with Crippen LogP contribution in [0.5, 0.6) is 5.75 Å². The van der Waals surface area contributed by atoms with E-state index in [1.165, 1.54) is 16.9 Å². The van der Waals surface area contributed by atoms with Crippen LogP contribution in [0.15, 0.2) is 36.4 Å². The number of ether oxygens (including phenoxy) is 1. The highest BCUT2D eigenvalue weighted by Crippen LogP contribution is 2.40. The van der Waals surface area contributed by atoms with Crippen molar-refractivity contribution < 1.29 is 8.95 Å². The van der Waals surface area contributed by atoms with Gasteiger partial charge in [0, 0.05) is 33.1 Å². The van der Waals surface area contributed by atoms with E-state index in [9.17, 15) is 9.47 Å². The van der Waals surface area contributed by atoms with Crippen LogP contribution in [0.1, 0.15) is 43.0 Å². The summed E-state index contributed by atoms with van der Waals surface area (Å²) in [5, 5.41) is 19.9. The molecule has 1 aliphatic carbocycles. The number of hydrogen-bond donors (Lipinski definition) is 1. The van der Waals surface area contributed by atoms with Crippen molar-refractivity contribution in [2.24, 2.45) is 0 Å². The topological polar surface area (TPSA) is 87.9 Å². The van der Waals surface area contributed by atoms with E-state index in [-0.39, 0.29) is 12.1 Å². The van der Waals surface area contributed by atoms with Gasteiger partial charge < -0.3 is 4.74 Å². The maximum Gasteiger partial charge on any atom is 0.148 e. The van der Waals surface area contributed by atoms with Gasteiger partial charge in [0.25, 0.3) is 0 Å². The van der Waals surface area contributed by atoms with E-state index >= 15 is 0 Å². The molecule has 0 saturated heterocycles. The van der Waals surface area contributed by atoms with E-state index in [2.05, 4.69) is 39.0 Å². The first-order valence-electron chi connectivity index (χ1n) is 10.0. The molecule has 0 aliphatic heterocycles. The smallest absolute Gasteiger partial charge is 0.148 e. The number of aromatic nitrogens is 2. The summed E-state index contributed by atoms with van der Waals surface area (Å²) in [5.74, 6) is 4.30. The molecule has 8 heteroatoms. The Hall–Kier alpha value is -2.73. The molecule has 1 aromatic heterocycles. The van der Waals surface area contributed by atoms with Gasteiger partial charge in [-0.2, -0.15) is 5.26 Å². The second kappa shape index (κ2) is 8.42. The first-order valence-corrected chi connectivity index (χ1v) is 13.0. The van der Waals surface area contributed by atoms with Crippen molar-refractivity contribution >= 4 is 26.9 Å². The van der Waals surface area contributed by atoms with Crippen molar-refractivity contribution in [3.63, 3.8) is 0 Å². The zero-order valence-corrected chi connectivity index (χ0v) is 19.3. The van der Waals surface area contributed by atoms with Crippen LogP contribution in [0.3, 0.4) is 0 Å². The van der Waals surface area contributed by atoms with Crippen LogP contribution < -0.4 is 9.46 Å². The SMILES string of the molecule is C=S(C)(=O)N[C@H]1CCc2c(-c3nnc(-c4ccc(OC(C)C)c(C#N)c4)s3)cccc21. The lowest BCUT2D eigenvalue weighted by Crippen LogP contribution is -2.25. The van der Waals surface area contributed by atoms with Gasteiger partial charge in [-0.25, -0.2) is 4.72 Å². The van der Waals surface area contributed by atoms with Gasteiger partial charge in [-0.15, -0.1) is 10.2 Å². The molecule has 31 heavy (non-hydrogen) atoms. The van der Waals surface area contributed by atoms with Crippen molar-refractivity contribution in [2.75, 3.05) is 6.26 Å². The summed E-state index contributed by atoms with van der Waals surface area (Å²) in [7, 11) is -2.29. The van der Waals surface area contributed by atoms with Crippen molar-refractivity contribution in [3.8, 4) is 33.0 Å². The van der Waals surface area contributed by atoms with Gasteiger partial charge >= 0.3 is 0 Å². The van der Waals surface area contributed by atoms with E-state index in [1.807, 2.05) is 32.0 Å². The Morgan fingerprint density at radius 2 is 2.06 bits per heavy atom. The lowest BCUT2D eigenvalue weighted by molar-refractivity contribution is 0.242. The number of fused-ring (bicyclic) bond motifs is 1. The van der Waals surface area contributed by atoms with Crippen LogP contribution in [0.2, 0.25) is 0 Å². The van der Waals surface area contributed by atoms with Gasteiger partial charge in [0.05, 0.1) is 11.7 Å². The highest BCUT2D eigenvalue weighted by Gasteiger charge is 2.27. The fraction of sp³-hybridized carbons (Fsp3) is 0.304. The zero-order valence-electron chi connectivity index (χ0n) is 17.7. The third-order valence-electron chi connectivity index (χ3n) is 5.03. The second-order valence-electron chi connectivity index (χ2n) is 7.99. The summed E-state index contributed by atoms with van der Waals surface area (Å²) in [4.78, 5) is 0. The summed E-state index contributed by atoms with van der Waals surface area (Å²) in [6, 6.07) is 13.9. The van der Waals surface area contributed by atoms with Crippen LogP contribution in [-0.2, 0) is 16.1 Å². The summed E-state index contributed by atoms with van der Waals surface area (Å²) in [6.07, 6.45) is 3.38. The Morgan fingerprint density at radius 1 is 1.29 bits per heavy atom. The minimum Gasteiger partial charge on any atom is -0.490 e. The molecule has 0 amide bonds. The number of nitrogens with zero attached hydrogens (tertiary/aromatic N) is 3. The minimum atomic E-state index is -2.29. The van der Waals surface area contributed by atoms with Crippen molar-refractivity contribution in [1.29, 1.82) is 5.26 Å². The fourth-order valence-corrected chi connectivity index (χ4v) is 5.57. The largest absolute Gasteiger partial charge is 0.490 e. The van der Waals surface area contributed by atoms with Crippen LogP contribution in [-0.4, -0.2) is 32.6 Å². The fourth-order valence-electron chi connectivity index (χ4n) is 3.83. The highest BCUT2D eigenvalue weighted by molar-refractivity contribution is 7.97. The van der Waals surface area contributed by atoms with Crippen molar-refractivity contribution in [1.82, 2.24) is 14.9 Å². The van der Waals surface area contributed by atoms with Gasteiger partial charge in [-0.05, 0) is 61.9 Å². The summed E-state index contributed by atoms with van der Waals surface area (Å²) < 4.78 is 21.0. The van der Waals surface area contributed by atoms with E-state index < -0.39 is 9.71 Å². The third-order valence-corrected chi connectivity index (χ3v) is 6.82. The quantitative estimate of drug-likeness (QED) is 0.561.